The maximum Gasteiger partial charge on any atom is 0.201 e. The summed E-state index contributed by atoms with van der Waals surface area (Å²) in [4.78, 5) is 0. The summed E-state index contributed by atoms with van der Waals surface area (Å²) < 4.78 is 11.1. The fourth-order valence-electron chi connectivity index (χ4n) is 1.57. The molecule has 76 valence electrons. The summed E-state index contributed by atoms with van der Waals surface area (Å²) >= 11 is 0. The van der Waals surface area contributed by atoms with Crippen LogP contribution in [0.25, 0.3) is 0 Å². The maximum absolute atomic E-state index is 5.63. The standard InChI is InChI=1S/C11H15NO2/c1-8-2-3-10-9(6-8)7-13-11(14-10)4-5-12/h2-3,6,11H,4-5,7,12H2,1H3. The lowest BCUT2D eigenvalue weighted by Gasteiger charge is -2.26. The lowest BCUT2D eigenvalue weighted by atomic mass is 10.1. The molecule has 0 bridgehead atoms. The van der Waals surface area contributed by atoms with E-state index in [2.05, 4.69) is 13.0 Å². The monoisotopic (exact) mass is 193 g/mol. The summed E-state index contributed by atoms with van der Waals surface area (Å²) in [5.41, 5.74) is 7.80. The Morgan fingerprint density at radius 3 is 3.14 bits per heavy atom. The van der Waals surface area contributed by atoms with Crippen molar-refractivity contribution >= 4 is 0 Å². The number of hydrogen-bond donors (Lipinski definition) is 1. The van der Waals surface area contributed by atoms with Crippen LogP contribution in [0.1, 0.15) is 17.5 Å². The Hall–Kier alpha value is -1.06. The van der Waals surface area contributed by atoms with E-state index in [1.807, 2.05) is 12.1 Å². The van der Waals surface area contributed by atoms with Crippen molar-refractivity contribution in [1.29, 1.82) is 0 Å². The highest BCUT2D eigenvalue weighted by Gasteiger charge is 2.18. The van der Waals surface area contributed by atoms with Gasteiger partial charge in [0.05, 0.1) is 6.61 Å². The number of rotatable bonds is 2. The van der Waals surface area contributed by atoms with Crippen LogP contribution in [0.5, 0.6) is 5.75 Å². The summed E-state index contributed by atoms with van der Waals surface area (Å²) in [6.07, 6.45) is 0.572. The Balaban J connectivity index is 2.15. The van der Waals surface area contributed by atoms with Crippen molar-refractivity contribution in [1.82, 2.24) is 0 Å². The largest absolute Gasteiger partial charge is 0.465 e. The fourth-order valence-corrected chi connectivity index (χ4v) is 1.57. The summed E-state index contributed by atoms with van der Waals surface area (Å²) in [5.74, 6) is 0.931. The molecule has 1 heterocycles. The number of aryl methyl sites for hydroxylation is 1. The fraction of sp³-hybridized carbons (Fsp3) is 0.455. The molecule has 0 aromatic heterocycles. The van der Waals surface area contributed by atoms with Crippen molar-refractivity contribution in [3.05, 3.63) is 29.3 Å². The highest BCUT2D eigenvalue weighted by Crippen LogP contribution is 2.27. The number of ether oxygens (including phenoxy) is 2. The first-order chi connectivity index (χ1) is 6.79. The lowest BCUT2D eigenvalue weighted by molar-refractivity contribution is -0.109. The summed E-state index contributed by atoms with van der Waals surface area (Å²) in [6, 6.07) is 6.13. The van der Waals surface area contributed by atoms with Crippen LogP contribution in [0, 0.1) is 6.92 Å². The van der Waals surface area contributed by atoms with Crippen molar-refractivity contribution in [2.75, 3.05) is 6.54 Å². The number of fused-ring (bicyclic) bond motifs is 1. The summed E-state index contributed by atoms with van der Waals surface area (Å²) in [6.45, 7) is 3.28. The zero-order valence-corrected chi connectivity index (χ0v) is 8.32. The van der Waals surface area contributed by atoms with Gasteiger partial charge in [-0.2, -0.15) is 0 Å². The van der Waals surface area contributed by atoms with Gasteiger partial charge in [0.1, 0.15) is 5.75 Å². The molecule has 0 aliphatic carbocycles. The van der Waals surface area contributed by atoms with E-state index in [-0.39, 0.29) is 6.29 Å². The first-order valence-electron chi connectivity index (χ1n) is 4.87. The molecule has 0 radical (unpaired) electrons. The molecule has 3 heteroatoms. The molecule has 1 atom stereocenters. The van der Waals surface area contributed by atoms with Crippen LogP contribution in [0.2, 0.25) is 0 Å². The summed E-state index contributed by atoms with van der Waals surface area (Å²) in [7, 11) is 0. The molecule has 0 saturated carbocycles. The third-order valence-electron chi connectivity index (χ3n) is 2.30. The van der Waals surface area contributed by atoms with Crippen LogP contribution in [0.15, 0.2) is 18.2 Å². The Kier molecular flexibility index (Phi) is 2.70. The van der Waals surface area contributed by atoms with Gasteiger partial charge < -0.3 is 15.2 Å². The second kappa shape index (κ2) is 3.98. The SMILES string of the molecule is Cc1ccc2c(c1)COC(CCN)O2. The number of benzene rings is 1. The third kappa shape index (κ3) is 1.89. The van der Waals surface area contributed by atoms with Crippen LogP contribution in [-0.2, 0) is 11.3 Å². The van der Waals surface area contributed by atoms with Crippen LogP contribution in [0.4, 0.5) is 0 Å². The van der Waals surface area contributed by atoms with Gasteiger partial charge in [0.15, 0.2) is 0 Å². The minimum absolute atomic E-state index is 0.171. The molecule has 14 heavy (non-hydrogen) atoms. The molecule has 2 rings (SSSR count). The molecule has 0 spiro atoms. The molecule has 0 fully saturated rings. The normalized spacial score (nSPS) is 20.0. The molecular weight excluding hydrogens is 178 g/mol. The zero-order valence-electron chi connectivity index (χ0n) is 8.32. The van der Waals surface area contributed by atoms with E-state index in [0.717, 1.165) is 17.7 Å². The average molecular weight is 193 g/mol. The minimum Gasteiger partial charge on any atom is -0.465 e. The van der Waals surface area contributed by atoms with E-state index < -0.39 is 0 Å². The van der Waals surface area contributed by atoms with Gasteiger partial charge in [-0.1, -0.05) is 17.7 Å². The van der Waals surface area contributed by atoms with E-state index in [1.165, 1.54) is 5.56 Å². The van der Waals surface area contributed by atoms with Crippen LogP contribution in [-0.4, -0.2) is 12.8 Å². The van der Waals surface area contributed by atoms with Crippen LogP contribution >= 0.6 is 0 Å². The second-order valence-corrected chi connectivity index (χ2v) is 3.55. The maximum atomic E-state index is 5.63. The Morgan fingerprint density at radius 1 is 1.50 bits per heavy atom. The van der Waals surface area contributed by atoms with E-state index >= 15 is 0 Å². The van der Waals surface area contributed by atoms with E-state index in [9.17, 15) is 0 Å². The van der Waals surface area contributed by atoms with E-state index in [0.29, 0.717) is 13.2 Å². The predicted molar refractivity (Wildman–Crippen MR) is 54.1 cm³/mol. The summed E-state index contributed by atoms with van der Waals surface area (Å²) in [5, 5.41) is 0. The number of nitrogens with two attached hydrogens (primary N) is 1. The van der Waals surface area contributed by atoms with Gasteiger partial charge in [0.2, 0.25) is 6.29 Å². The van der Waals surface area contributed by atoms with Crippen molar-refractivity contribution in [2.24, 2.45) is 5.73 Å². The Morgan fingerprint density at radius 2 is 2.36 bits per heavy atom. The quantitative estimate of drug-likeness (QED) is 0.775. The molecule has 2 N–H and O–H groups in total. The van der Waals surface area contributed by atoms with Crippen LogP contribution in [0.3, 0.4) is 0 Å². The first kappa shape index (κ1) is 9.49. The lowest BCUT2D eigenvalue weighted by Crippen LogP contribution is -2.27. The minimum atomic E-state index is -0.171. The molecular formula is C11H15NO2. The molecule has 0 saturated heterocycles. The van der Waals surface area contributed by atoms with Gasteiger partial charge in [0.25, 0.3) is 0 Å². The average Bonchev–Trinajstić information content (AvgIpc) is 2.19. The second-order valence-electron chi connectivity index (χ2n) is 3.55. The molecule has 1 aliphatic heterocycles. The first-order valence-corrected chi connectivity index (χ1v) is 4.87. The van der Waals surface area contributed by atoms with Gasteiger partial charge in [-0.05, 0) is 19.5 Å². The number of hydrogen-bond acceptors (Lipinski definition) is 3. The van der Waals surface area contributed by atoms with Gasteiger partial charge in [-0.25, -0.2) is 0 Å². The van der Waals surface area contributed by atoms with Gasteiger partial charge in [-0.3, -0.25) is 0 Å². The topological polar surface area (TPSA) is 44.5 Å². The molecule has 3 nitrogen and oxygen atoms in total. The van der Waals surface area contributed by atoms with Crippen LogP contribution < -0.4 is 10.5 Å². The molecule has 1 aromatic carbocycles. The smallest absolute Gasteiger partial charge is 0.201 e. The molecule has 0 amide bonds. The zero-order chi connectivity index (χ0) is 9.97. The van der Waals surface area contributed by atoms with E-state index in [4.69, 9.17) is 15.2 Å². The van der Waals surface area contributed by atoms with Crippen molar-refractivity contribution in [2.45, 2.75) is 26.2 Å². The Bertz CT molecular complexity index is 325. The molecule has 1 unspecified atom stereocenters. The van der Waals surface area contributed by atoms with Crippen molar-refractivity contribution in [3.63, 3.8) is 0 Å². The highest BCUT2D eigenvalue weighted by atomic mass is 16.7. The molecule has 1 aliphatic rings. The van der Waals surface area contributed by atoms with Gasteiger partial charge >= 0.3 is 0 Å². The van der Waals surface area contributed by atoms with Gasteiger partial charge in [0, 0.05) is 12.0 Å². The van der Waals surface area contributed by atoms with Crippen molar-refractivity contribution in [3.8, 4) is 5.75 Å². The predicted octanol–water partition coefficient (Wildman–Crippen LogP) is 1.58. The van der Waals surface area contributed by atoms with Crippen molar-refractivity contribution < 1.29 is 9.47 Å². The Labute approximate surface area is 83.8 Å². The molecule has 1 aromatic rings. The highest BCUT2D eigenvalue weighted by molar-refractivity contribution is 5.37. The third-order valence-corrected chi connectivity index (χ3v) is 2.30. The van der Waals surface area contributed by atoms with E-state index in [1.54, 1.807) is 0 Å². The van der Waals surface area contributed by atoms with Gasteiger partial charge in [-0.15, -0.1) is 0 Å².